The Morgan fingerprint density at radius 2 is 1.44 bits per heavy atom. The quantitative estimate of drug-likeness (QED) is 0.578. The lowest BCUT2D eigenvalue weighted by atomic mass is 9.17. The summed E-state index contributed by atoms with van der Waals surface area (Å²) in [5.74, 6) is 12.8. The van der Waals surface area contributed by atoms with Gasteiger partial charge in [-0.1, -0.05) is 0 Å². The zero-order valence-electron chi connectivity index (χ0n) is 9.81. The standard InChI is InChI=1S/C16H20/c1-2-8-7(1)11-12(8)15-13(11)14-9-5-16(14,15)10-4-3-6(9)10/h6-15H,1-5H2. The predicted octanol–water partition coefficient (Wildman–Crippen LogP) is 3.18. The number of rotatable bonds is 0. The second kappa shape index (κ2) is 1.75. The van der Waals surface area contributed by atoms with E-state index in [0.717, 1.165) is 5.41 Å². The lowest BCUT2D eigenvalue weighted by Crippen LogP contribution is -2.83. The van der Waals surface area contributed by atoms with E-state index in [-0.39, 0.29) is 0 Å². The molecule has 7 saturated carbocycles. The Balaban J connectivity index is 1.38. The van der Waals surface area contributed by atoms with Crippen LogP contribution in [0.5, 0.6) is 0 Å². The summed E-state index contributed by atoms with van der Waals surface area (Å²) in [6, 6.07) is 0. The molecule has 7 aliphatic carbocycles. The topological polar surface area (TPSA) is 0 Å². The van der Waals surface area contributed by atoms with Crippen molar-refractivity contribution in [2.24, 2.45) is 64.6 Å². The van der Waals surface area contributed by atoms with E-state index in [0.29, 0.717) is 0 Å². The molecule has 0 nitrogen and oxygen atoms in total. The maximum atomic E-state index is 1.72. The Morgan fingerprint density at radius 3 is 2.19 bits per heavy atom. The van der Waals surface area contributed by atoms with Crippen molar-refractivity contribution >= 4 is 0 Å². The molecule has 0 aromatic carbocycles. The van der Waals surface area contributed by atoms with Crippen molar-refractivity contribution in [1.82, 2.24) is 0 Å². The van der Waals surface area contributed by atoms with Crippen LogP contribution in [0.15, 0.2) is 0 Å². The largest absolute Gasteiger partial charge is 0.0496 e. The van der Waals surface area contributed by atoms with Gasteiger partial charge in [0.2, 0.25) is 0 Å². The molecule has 0 radical (unpaired) electrons. The van der Waals surface area contributed by atoms with Crippen molar-refractivity contribution in [2.75, 3.05) is 0 Å². The molecule has 0 N–H and O–H groups in total. The minimum absolute atomic E-state index is 1.01. The van der Waals surface area contributed by atoms with Crippen LogP contribution in [0.25, 0.3) is 0 Å². The van der Waals surface area contributed by atoms with Crippen molar-refractivity contribution in [1.29, 1.82) is 0 Å². The summed E-state index contributed by atoms with van der Waals surface area (Å²) >= 11 is 0. The van der Waals surface area contributed by atoms with E-state index in [4.69, 9.17) is 0 Å². The summed E-state index contributed by atoms with van der Waals surface area (Å²) < 4.78 is 0. The molecule has 7 aliphatic rings. The maximum Gasteiger partial charge on any atom is -0.0196 e. The Morgan fingerprint density at radius 1 is 0.625 bits per heavy atom. The van der Waals surface area contributed by atoms with Crippen molar-refractivity contribution in [3.63, 3.8) is 0 Å². The number of fused-ring (bicyclic) bond motifs is 9. The van der Waals surface area contributed by atoms with E-state index in [9.17, 15) is 0 Å². The molecule has 0 amide bonds. The highest BCUT2D eigenvalue weighted by atomic mass is 14.9. The molecule has 0 spiro atoms. The molecule has 0 saturated heterocycles. The van der Waals surface area contributed by atoms with Gasteiger partial charge in [0, 0.05) is 0 Å². The molecule has 7 fully saturated rings. The van der Waals surface area contributed by atoms with Crippen LogP contribution in [0, 0.1) is 64.6 Å². The minimum Gasteiger partial charge on any atom is -0.0496 e. The van der Waals surface area contributed by atoms with Gasteiger partial charge in [0.05, 0.1) is 0 Å². The maximum absolute atomic E-state index is 1.72. The van der Waals surface area contributed by atoms with Crippen LogP contribution in [0.2, 0.25) is 0 Å². The molecule has 2 bridgehead atoms. The van der Waals surface area contributed by atoms with Gasteiger partial charge in [0.25, 0.3) is 0 Å². The van der Waals surface area contributed by atoms with Gasteiger partial charge in [-0.05, 0) is 96.7 Å². The fourth-order valence-corrected chi connectivity index (χ4v) is 9.07. The van der Waals surface area contributed by atoms with Crippen molar-refractivity contribution in [3.05, 3.63) is 0 Å². The molecule has 7 rings (SSSR count). The Kier molecular flexibility index (Phi) is 0.813. The molecule has 11 atom stereocenters. The highest BCUT2D eigenvalue weighted by Gasteiger charge is 2.90. The van der Waals surface area contributed by atoms with E-state index < -0.39 is 0 Å². The fraction of sp³-hybridized carbons (Fsp3) is 1.00. The third kappa shape index (κ3) is 0.399. The predicted molar refractivity (Wildman–Crippen MR) is 60.4 cm³/mol. The molecule has 16 heavy (non-hydrogen) atoms. The molecule has 0 aromatic heterocycles. The third-order valence-corrected chi connectivity index (χ3v) is 9.36. The summed E-state index contributed by atoms with van der Waals surface area (Å²) in [5, 5.41) is 0. The molecule has 84 valence electrons. The van der Waals surface area contributed by atoms with Crippen LogP contribution < -0.4 is 0 Å². The van der Waals surface area contributed by atoms with Crippen LogP contribution >= 0.6 is 0 Å². The molecule has 0 heteroatoms. The second-order valence-corrected chi connectivity index (χ2v) is 8.52. The highest BCUT2D eigenvalue weighted by Crippen LogP contribution is 2.95. The van der Waals surface area contributed by atoms with Crippen molar-refractivity contribution < 1.29 is 0 Å². The average molecular weight is 212 g/mol. The third-order valence-electron chi connectivity index (χ3n) is 9.36. The second-order valence-electron chi connectivity index (χ2n) is 8.52. The number of hydrogen-bond acceptors (Lipinski definition) is 0. The summed E-state index contributed by atoms with van der Waals surface area (Å²) in [7, 11) is 0. The monoisotopic (exact) mass is 212 g/mol. The van der Waals surface area contributed by atoms with Crippen LogP contribution in [0.4, 0.5) is 0 Å². The first-order valence-electron chi connectivity index (χ1n) is 7.93. The van der Waals surface area contributed by atoms with Crippen LogP contribution in [0.3, 0.4) is 0 Å². The lowest BCUT2D eigenvalue weighted by molar-refractivity contribution is -0.406. The van der Waals surface area contributed by atoms with E-state index in [1.54, 1.807) is 32.1 Å². The molecular formula is C16H20. The summed E-state index contributed by atoms with van der Waals surface area (Å²) in [4.78, 5) is 0. The summed E-state index contributed by atoms with van der Waals surface area (Å²) in [5.41, 5.74) is 1.01. The summed E-state index contributed by atoms with van der Waals surface area (Å²) in [6.45, 7) is 0. The molecule has 11 unspecified atom stereocenters. The van der Waals surface area contributed by atoms with Gasteiger partial charge < -0.3 is 0 Å². The SMILES string of the molecule is C1CC2C1C1C2C2C1C1C3CC12C1CCC31. The van der Waals surface area contributed by atoms with Gasteiger partial charge in [0.1, 0.15) is 0 Å². The van der Waals surface area contributed by atoms with Crippen LogP contribution in [0.1, 0.15) is 32.1 Å². The average Bonchev–Trinajstić information content (AvgIpc) is 2.47. The van der Waals surface area contributed by atoms with Crippen molar-refractivity contribution in [3.8, 4) is 0 Å². The van der Waals surface area contributed by atoms with Gasteiger partial charge in [-0.3, -0.25) is 0 Å². The highest BCUT2D eigenvalue weighted by molar-refractivity contribution is 5.38. The van der Waals surface area contributed by atoms with E-state index >= 15 is 0 Å². The van der Waals surface area contributed by atoms with Crippen LogP contribution in [-0.4, -0.2) is 0 Å². The van der Waals surface area contributed by atoms with E-state index in [1.807, 2.05) is 0 Å². The first-order chi connectivity index (χ1) is 7.93. The smallest absolute Gasteiger partial charge is 0.0196 e. The van der Waals surface area contributed by atoms with Crippen LogP contribution in [-0.2, 0) is 0 Å². The molecular weight excluding hydrogens is 192 g/mol. The van der Waals surface area contributed by atoms with Gasteiger partial charge in [0.15, 0.2) is 0 Å². The van der Waals surface area contributed by atoms with Gasteiger partial charge >= 0.3 is 0 Å². The van der Waals surface area contributed by atoms with E-state index in [2.05, 4.69) is 0 Å². The molecule has 0 heterocycles. The van der Waals surface area contributed by atoms with Gasteiger partial charge in [-0.15, -0.1) is 0 Å². The normalized spacial score (nSPS) is 87.0. The zero-order valence-corrected chi connectivity index (χ0v) is 9.81. The molecule has 0 aromatic rings. The van der Waals surface area contributed by atoms with Crippen molar-refractivity contribution in [2.45, 2.75) is 32.1 Å². The van der Waals surface area contributed by atoms with E-state index in [1.165, 1.54) is 59.2 Å². The zero-order chi connectivity index (χ0) is 9.81. The number of hydrogen-bond donors (Lipinski definition) is 0. The summed E-state index contributed by atoms with van der Waals surface area (Å²) in [6.07, 6.45) is 8.26. The fourth-order valence-electron chi connectivity index (χ4n) is 9.07. The Bertz CT molecular complexity index is 439. The first-order valence-corrected chi connectivity index (χ1v) is 7.93. The first kappa shape index (κ1) is 7.44. The van der Waals surface area contributed by atoms with Gasteiger partial charge in [-0.2, -0.15) is 0 Å². The van der Waals surface area contributed by atoms with Gasteiger partial charge in [-0.25, -0.2) is 0 Å². The lowest BCUT2D eigenvalue weighted by Gasteiger charge is -2.88. The molecule has 0 aliphatic heterocycles. The minimum atomic E-state index is 1.01. The Hall–Kier alpha value is 0. The Labute approximate surface area is 97.2 Å².